The van der Waals surface area contributed by atoms with Gasteiger partial charge in [-0.1, -0.05) is 0 Å². The average molecular weight is 258 g/mol. The quantitative estimate of drug-likeness (QED) is 0.235. The van der Waals surface area contributed by atoms with Crippen LogP contribution in [0.5, 0.6) is 0 Å². The summed E-state index contributed by atoms with van der Waals surface area (Å²) >= 11 is 0. The molecule has 0 aliphatic rings. The largest absolute Gasteiger partial charge is 1.00 e. The molecule has 0 aromatic carbocycles. The van der Waals surface area contributed by atoms with Gasteiger partial charge >= 0.3 is 51.4 Å². The number of hydrogen-bond acceptors (Lipinski definition) is 8. The summed E-state index contributed by atoms with van der Waals surface area (Å²) < 4.78 is 68.2. The zero-order valence-corrected chi connectivity index (χ0v) is 11.6. The molecule has 0 N–H and O–H groups in total. The third-order valence-corrected chi connectivity index (χ3v) is 0. The van der Waals surface area contributed by atoms with Crippen molar-refractivity contribution >= 4 is 38.2 Å². The second-order valence-corrected chi connectivity index (χ2v) is 2.45. The first kappa shape index (κ1) is 23.6. The predicted molar refractivity (Wildman–Crippen MR) is 26.7 cm³/mol. The van der Waals surface area contributed by atoms with Gasteiger partial charge in [0, 0.05) is 38.2 Å². The zero-order chi connectivity index (χ0) is 9.00. The first-order valence-electron chi connectivity index (χ1n) is 1.33. The summed E-state index contributed by atoms with van der Waals surface area (Å²) in [4.78, 5) is 0. The molecular weight excluding hydrogens is 258 g/mol. The molecule has 0 aliphatic carbocycles. The molecule has 0 amide bonds. The van der Waals surface area contributed by atoms with Crippen LogP contribution in [-0.4, -0.2) is 52.4 Å². The molecule has 0 unspecified atom stereocenters. The van der Waals surface area contributed by atoms with Gasteiger partial charge in [0.25, 0.3) is 0 Å². The summed E-state index contributed by atoms with van der Waals surface area (Å²) in [5.74, 6) is 0. The normalized spacial score (nSPS) is 9.67. The van der Waals surface area contributed by atoms with Crippen LogP contribution >= 0.6 is 0 Å². The van der Waals surface area contributed by atoms with E-state index in [2.05, 4.69) is 0 Å². The van der Waals surface area contributed by atoms with Crippen molar-refractivity contribution in [3.63, 3.8) is 0 Å². The van der Waals surface area contributed by atoms with E-state index >= 15 is 0 Å². The molecule has 0 spiro atoms. The first-order valence-corrected chi connectivity index (χ1v) is 4.00. The van der Waals surface area contributed by atoms with Crippen molar-refractivity contribution < 1.29 is 86.4 Å². The van der Waals surface area contributed by atoms with E-state index in [0.29, 0.717) is 0 Å². The van der Waals surface area contributed by atoms with Crippen LogP contribution in [0.15, 0.2) is 0 Å². The molecule has 0 fully saturated rings. The Morgan fingerprint density at radius 3 is 0.667 bits per heavy atom. The van der Waals surface area contributed by atoms with E-state index in [1.807, 2.05) is 0 Å². The van der Waals surface area contributed by atoms with Crippen molar-refractivity contribution in [1.29, 1.82) is 0 Å². The maximum Gasteiger partial charge on any atom is 1.00 e. The van der Waals surface area contributed by atoms with Gasteiger partial charge in [0.05, 0.1) is 0 Å². The minimum atomic E-state index is -5.17. The molecule has 3 radical (unpaired) electrons. The van der Waals surface area contributed by atoms with Crippen molar-refractivity contribution in [2.24, 2.45) is 0 Å². The van der Waals surface area contributed by atoms with E-state index in [4.69, 9.17) is 35.0 Å². The fraction of sp³-hybridized carbons (Fsp3) is 0. The van der Waals surface area contributed by atoms with Crippen molar-refractivity contribution in [2.45, 2.75) is 0 Å². The maximum absolute atomic E-state index is 8.52. The molecule has 0 bridgehead atoms. The second kappa shape index (κ2) is 9.46. The van der Waals surface area contributed by atoms with E-state index in [9.17, 15) is 0 Å². The summed E-state index contributed by atoms with van der Waals surface area (Å²) in [5, 5.41) is 0. The van der Waals surface area contributed by atoms with Gasteiger partial charge in [-0.2, -0.15) is 0 Å². The second-order valence-electron chi connectivity index (χ2n) is 0.816. The van der Waals surface area contributed by atoms with Gasteiger partial charge in [-0.15, -0.1) is 0 Å². The smallest absolute Gasteiger partial charge is 0.759 e. The summed E-state index contributed by atoms with van der Waals surface area (Å²) in [6.07, 6.45) is 0. The van der Waals surface area contributed by atoms with Crippen molar-refractivity contribution in [3.8, 4) is 0 Å². The van der Waals surface area contributed by atoms with Crippen LogP contribution in [0.1, 0.15) is 0 Å². The number of rotatable bonds is 0. The van der Waals surface area contributed by atoms with E-state index in [1.54, 1.807) is 0 Å². The van der Waals surface area contributed by atoms with E-state index in [1.165, 1.54) is 0 Å². The van der Waals surface area contributed by atoms with Gasteiger partial charge in [0.15, 0.2) is 0 Å². The Labute approximate surface area is 122 Å². The zero-order valence-electron chi connectivity index (χ0n) is 5.66. The van der Waals surface area contributed by atoms with Crippen LogP contribution in [0.2, 0.25) is 0 Å². The molecule has 0 rings (SSSR count). The summed E-state index contributed by atoms with van der Waals surface area (Å²) in [5.41, 5.74) is 0. The molecule has 0 aromatic heterocycles. The fourth-order valence-electron chi connectivity index (χ4n) is 0. The minimum Gasteiger partial charge on any atom is -0.759 e. The van der Waals surface area contributed by atoms with Crippen molar-refractivity contribution in [3.05, 3.63) is 0 Å². The summed E-state index contributed by atoms with van der Waals surface area (Å²) in [7, 11) is -10.3. The van der Waals surface area contributed by atoms with Gasteiger partial charge in [0.2, 0.25) is 0 Å². The van der Waals surface area contributed by atoms with E-state index < -0.39 is 20.8 Å². The molecule has 12 heteroatoms. The van der Waals surface area contributed by atoms with E-state index in [-0.39, 0.29) is 68.7 Å². The third kappa shape index (κ3) is 389. The molecular formula is AlKO8S2-3. The average Bonchev–Trinajstić information content (AvgIpc) is 1.12. The Balaban J connectivity index is -0.0000000457. The number of hydrogen-bond donors (Lipinski definition) is 0. The van der Waals surface area contributed by atoms with Gasteiger partial charge in [-0.3, -0.25) is 16.8 Å². The topological polar surface area (TPSA) is 161 Å². The van der Waals surface area contributed by atoms with Gasteiger partial charge in [-0.25, -0.2) is 0 Å². The Kier molecular flexibility index (Phi) is 18.6. The van der Waals surface area contributed by atoms with Crippen molar-refractivity contribution in [1.82, 2.24) is 0 Å². The van der Waals surface area contributed by atoms with Gasteiger partial charge in [-0.05, 0) is 0 Å². The van der Waals surface area contributed by atoms with Crippen LogP contribution in [0.3, 0.4) is 0 Å². The fourth-order valence-corrected chi connectivity index (χ4v) is 0. The molecule has 0 heterocycles. The van der Waals surface area contributed by atoms with Gasteiger partial charge < -0.3 is 18.2 Å². The standard InChI is InChI=1S/Al.K.2H2O4S/c;;2*1-5(2,3)4/h;;2*(H2,1,2,3,4)/q;+1;;/p-4. The molecule has 67 valence electrons. The Hall–Kier alpha value is 1.91. The van der Waals surface area contributed by atoms with Crippen molar-refractivity contribution in [2.75, 3.05) is 0 Å². The molecule has 0 saturated heterocycles. The molecule has 8 nitrogen and oxygen atoms in total. The molecule has 0 aliphatic heterocycles. The van der Waals surface area contributed by atoms with Crippen LogP contribution in [0.25, 0.3) is 0 Å². The first-order chi connectivity index (χ1) is 4.00. The maximum atomic E-state index is 8.52. The summed E-state index contributed by atoms with van der Waals surface area (Å²) in [6, 6.07) is 0. The van der Waals surface area contributed by atoms with Crippen LogP contribution in [-0.2, 0) is 20.8 Å². The van der Waals surface area contributed by atoms with E-state index in [0.717, 1.165) is 0 Å². The Morgan fingerprint density at radius 2 is 0.667 bits per heavy atom. The molecule has 0 atom stereocenters. The predicted octanol–water partition coefficient (Wildman–Crippen LogP) is -6.05. The molecule has 0 saturated carbocycles. The van der Waals surface area contributed by atoms with Gasteiger partial charge in [0.1, 0.15) is 0 Å². The summed E-state index contributed by atoms with van der Waals surface area (Å²) in [6.45, 7) is 0. The monoisotopic (exact) mass is 258 g/mol. The Bertz CT molecular complexity index is 213. The third-order valence-electron chi connectivity index (χ3n) is 0. The van der Waals surface area contributed by atoms with Crippen LogP contribution in [0, 0.1) is 0 Å². The SMILES string of the molecule is O=S(=O)([O-])[O-].O=S(=O)([O-])[O-].[Al].[K+]. The molecule has 12 heavy (non-hydrogen) atoms. The Morgan fingerprint density at radius 1 is 0.667 bits per heavy atom. The minimum absolute atomic E-state index is 0. The molecule has 0 aromatic rings. The van der Waals surface area contributed by atoms with Crippen LogP contribution in [0.4, 0.5) is 0 Å². The van der Waals surface area contributed by atoms with Crippen LogP contribution < -0.4 is 51.4 Å².